The Balaban J connectivity index is 5.13. The van der Waals surface area contributed by atoms with E-state index in [1.54, 1.807) is 0 Å². The van der Waals surface area contributed by atoms with Crippen LogP contribution >= 0.6 is 0 Å². The average molecular weight is 445 g/mol. The molecule has 14 N–H and O–H groups in total. The van der Waals surface area contributed by atoms with Gasteiger partial charge in [-0.15, -0.1) is 0 Å². The fraction of sp³-hybridized carbons (Fsp3) is 0.625. The van der Waals surface area contributed by atoms with Crippen LogP contribution in [0.4, 0.5) is 0 Å². The molecule has 0 saturated heterocycles. The fourth-order valence-corrected chi connectivity index (χ4v) is 2.37. The summed E-state index contributed by atoms with van der Waals surface area (Å²) in [6.07, 6.45) is -0.0109. The molecule has 0 saturated carbocycles. The molecule has 15 nitrogen and oxygen atoms in total. The molecule has 0 aliphatic carbocycles. The van der Waals surface area contributed by atoms with Crippen LogP contribution in [0.5, 0.6) is 0 Å². The predicted octanol–water partition coefficient (Wildman–Crippen LogP) is -4.05. The van der Waals surface area contributed by atoms with Crippen molar-refractivity contribution >= 4 is 35.7 Å². The van der Waals surface area contributed by atoms with Gasteiger partial charge in [-0.2, -0.15) is 0 Å². The molecule has 3 unspecified atom stereocenters. The maximum Gasteiger partial charge on any atom is 0.326 e. The first-order chi connectivity index (χ1) is 14.4. The number of nitrogens with one attached hydrogen (secondary N) is 2. The van der Waals surface area contributed by atoms with Gasteiger partial charge in [-0.3, -0.25) is 24.4 Å². The van der Waals surface area contributed by atoms with E-state index in [9.17, 15) is 24.3 Å². The van der Waals surface area contributed by atoms with Gasteiger partial charge in [-0.05, 0) is 25.7 Å². The van der Waals surface area contributed by atoms with Gasteiger partial charge in [-0.1, -0.05) is 0 Å². The normalized spacial score (nSPS) is 13.2. The first-order valence-corrected chi connectivity index (χ1v) is 9.35. The summed E-state index contributed by atoms with van der Waals surface area (Å²) >= 11 is 0. The smallest absolute Gasteiger partial charge is 0.326 e. The molecular formula is C16H31N9O6. The van der Waals surface area contributed by atoms with E-state index < -0.39 is 48.3 Å². The molecule has 2 amide bonds. The summed E-state index contributed by atoms with van der Waals surface area (Å²) in [7, 11) is 0. The molecule has 0 aliphatic heterocycles. The molecule has 0 aromatic carbocycles. The molecule has 0 heterocycles. The summed E-state index contributed by atoms with van der Waals surface area (Å²) in [5, 5.41) is 22.8. The van der Waals surface area contributed by atoms with E-state index in [1.165, 1.54) is 0 Å². The predicted molar refractivity (Wildman–Crippen MR) is 112 cm³/mol. The molecule has 0 radical (unpaired) electrons. The number of guanidine groups is 2. The van der Waals surface area contributed by atoms with Crippen LogP contribution in [0.15, 0.2) is 9.98 Å². The van der Waals surface area contributed by atoms with Crippen LogP contribution in [0.25, 0.3) is 0 Å². The molecule has 0 spiro atoms. The fourth-order valence-electron chi connectivity index (χ4n) is 2.37. The Labute approximate surface area is 178 Å². The van der Waals surface area contributed by atoms with E-state index in [0.29, 0.717) is 0 Å². The van der Waals surface area contributed by atoms with E-state index >= 15 is 0 Å². The Morgan fingerprint density at radius 2 is 1.23 bits per heavy atom. The van der Waals surface area contributed by atoms with E-state index in [2.05, 4.69) is 20.6 Å². The third kappa shape index (κ3) is 13.3. The lowest BCUT2D eigenvalue weighted by molar-refractivity contribution is -0.143. The molecular weight excluding hydrogens is 414 g/mol. The lowest BCUT2D eigenvalue weighted by Crippen LogP contribution is -2.54. The van der Waals surface area contributed by atoms with Crippen LogP contribution in [0.3, 0.4) is 0 Å². The number of nitrogens with zero attached hydrogens (tertiary/aromatic N) is 2. The highest BCUT2D eigenvalue weighted by Crippen LogP contribution is 2.04. The molecule has 31 heavy (non-hydrogen) atoms. The van der Waals surface area contributed by atoms with Crippen molar-refractivity contribution in [2.75, 3.05) is 13.1 Å². The zero-order valence-corrected chi connectivity index (χ0v) is 17.0. The van der Waals surface area contributed by atoms with Crippen molar-refractivity contribution in [2.24, 2.45) is 38.7 Å². The van der Waals surface area contributed by atoms with E-state index in [-0.39, 0.29) is 50.7 Å². The monoisotopic (exact) mass is 445 g/mol. The highest BCUT2D eigenvalue weighted by Gasteiger charge is 2.28. The summed E-state index contributed by atoms with van der Waals surface area (Å²) < 4.78 is 0. The number of carboxylic acid groups (broad SMARTS) is 2. The summed E-state index contributed by atoms with van der Waals surface area (Å²) in [4.78, 5) is 54.4. The second-order valence-corrected chi connectivity index (χ2v) is 6.56. The molecule has 176 valence electrons. The number of amides is 2. The van der Waals surface area contributed by atoms with Crippen LogP contribution < -0.4 is 39.3 Å². The summed E-state index contributed by atoms with van der Waals surface area (Å²) in [5.41, 5.74) is 26.4. The maximum atomic E-state index is 12.6. The van der Waals surface area contributed by atoms with Gasteiger partial charge in [-0.25, -0.2) is 4.79 Å². The lowest BCUT2D eigenvalue weighted by atomic mass is 10.1. The van der Waals surface area contributed by atoms with Crippen LogP contribution in [-0.2, 0) is 19.2 Å². The van der Waals surface area contributed by atoms with Gasteiger partial charge in [0.25, 0.3) is 0 Å². The van der Waals surface area contributed by atoms with E-state index in [1.807, 2.05) is 0 Å². The lowest BCUT2D eigenvalue weighted by Gasteiger charge is -2.22. The number of aliphatic carboxylic acids is 2. The molecule has 15 heteroatoms. The number of nitrogens with two attached hydrogens (primary N) is 5. The van der Waals surface area contributed by atoms with Crippen LogP contribution in [-0.4, -0.2) is 77.1 Å². The Bertz CT molecular complexity index is 689. The number of aliphatic imine (C=N–C) groups is 2. The molecule has 3 atom stereocenters. The van der Waals surface area contributed by atoms with E-state index in [4.69, 9.17) is 33.8 Å². The summed E-state index contributed by atoms with van der Waals surface area (Å²) in [6.45, 7) is 0.328. The second kappa shape index (κ2) is 14.4. The van der Waals surface area contributed by atoms with Crippen molar-refractivity contribution in [2.45, 2.75) is 50.2 Å². The molecule has 0 rings (SSSR count). The van der Waals surface area contributed by atoms with Crippen molar-refractivity contribution < 1.29 is 29.4 Å². The molecule has 0 aromatic rings. The minimum absolute atomic E-state index is 0.0328. The third-order valence-corrected chi connectivity index (χ3v) is 3.87. The van der Waals surface area contributed by atoms with Crippen LogP contribution in [0.1, 0.15) is 32.1 Å². The standard InChI is InChI=1S/C16H31N9O6/c17-8(7-11(26)27)12(28)24-9(3-1-5-22-15(18)19)13(29)25-10(14(30)31)4-2-6-23-16(20)21/h8-10H,1-7,17H2,(H,24,28)(H,25,29)(H,26,27)(H,30,31)(H4,18,19,22)(H4,20,21,23). The van der Waals surface area contributed by atoms with Gasteiger partial charge in [0, 0.05) is 13.1 Å². The highest BCUT2D eigenvalue weighted by molar-refractivity contribution is 5.92. The van der Waals surface area contributed by atoms with Gasteiger partial charge in [0.15, 0.2) is 11.9 Å². The van der Waals surface area contributed by atoms with Gasteiger partial charge >= 0.3 is 11.9 Å². The largest absolute Gasteiger partial charge is 0.481 e. The first-order valence-electron chi connectivity index (χ1n) is 9.35. The van der Waals surface area contributed by atoms with Crippen LogP contribution in [0.2, 0.25) is 0 Å². The zero-order valence-electron chi connectivity index (χ0n) is 17.0. The summed E-state index contributed by atoms with van der Waals surface area (Å²) in [5.74, 6) is -4.52. The second-order valence-electron chi connectivity index (χ2n) is 6.56. The molecule has 0 fully saturated rings. The maximum absolute atomic E-state index is 12.6. The molecule has 0 aromatic heterocycles. The minimum Gasteiger partial charge on any atom is -0.481 e. The Hall–Kier alpha value is -3.62. The quantitative estimate of drug-likeness (QED) is 0.0663. The van der Waals surface area contributed by atoms with Gasteiger partial charge < -0.3 is 49.5 Å². The Morgan fingerprint density at radius 3 is 1.65 bits per heavy atom. The number of rotatable bonds is 15. The van der Waals surface area contributed by atoms with Crippen molar-refractivity contribution in [1.29, 1.82) is 0 Å². The number of carbonyl (C=O) groups excluding carboxylic acids is 2. The SMILES string of the molecule is NC(N)=NCCCC(NC(=O)C(CCCN=C(N)N)NC(=O)C(N)CC(=O)O)C(=O)O. The number of hydrogen-bond donors (Lipinski definition) is 9. The van der Waals surface area contributed by atoms with Crippen molar-refractivity contribution in [3.8, 4) is 0 Å². The third-order valence-electron chi connectivity index (χ3n) is 3.87. The molecule has 0 bridgehead atoms. The minimum atomic E-state index is -1.39. The highest BCUT2D eigenvalue weighted by atomic mass is 16.4. The molecule has 0 aliphatic rings. The topological polar surface area (TPSA) is 288 Å². The van der Waals surface area contributed by atoms with Gasteiger partial charge in [0.05, 0.1) is 12.5 Å². The number of carbonyl (C=O) groups is 4. The van der Waals surface area contributed by atoms with Gasteiger partial charge in [0.1, 0.15) is 12.1 Å². The number of hydrogen-bond acceptors (Lipinski definition) is 7. The summed E-state index contributed by atoms with van der Waals surface area (Å²) in [6, 6.07) is -3.83. The van der Waals surface area contributed by atoms with E-state index in [0.717, 1.165) is 0 Å². The van der Waals surface area contributed by atoms with Crippen LogP contribution in [0, 0.1) is 0 Å². The van der Waals surface area contributed by atoms with Gasteiger partial charge in [0.2, 0.25) is 11.8 Å². The Kier molecular flexibility index (Phi) is 12.7. The average Bonchev–Trinajstić information content (AvgIpc) is 2.64. The first kappa shape index (κ1) is 27.4. The van der Waals surface area contributed by atoms with Crippen molar-refractivity contribution in [1.82, 2.24) is 10.6 Å². The van der Waals surface area contributed by atoms with Crippen molar-refractivity contribution in [3.63, 3.8) is 0 Å². The zero-order chi connectivity index (χ0) is 24.0. The Morgan fingerprint density at radius 1 is 0.774 bits per heavy atom. The van der Waals surface area contributed by atoms with Crippen molar-refractivity contribution in [3.05, 3.63) is 0 Å². The number of carboxylic acids is 2.